The molecule has 1 unspecified atom stereocenters. The van der Waals surface area contributed by atoms with Crippen molar-refractivity contribution in [2.45, 2.75) is 13.5 Å². The quantitative estimate of drug-likeness (QED) is 0.844. The Morgan fingerprint density at radius 3 is 2.80 bits per heavy atom. The van der Waals surface area contributed by atoms with Crippen LogP contribution in [0.1, 0.15) is 11.8 Å². The van der Waals surface area contributed by atoms with E-state index in [4.69, 9.17) is 4.42 Å². The summed E-state index contributed by atoms with van der Waals surface area (Å²) in [6, 6.07) is 7.50. The van der Waals surface area contributed by atoms with Crippen LogP contribution >= 0.6 is 15.9 Å². The van der Waals surface area contributed by atoms with Gasteiger partial charge in [0.05, 0.1) is 12.7 Å². The van der Waals surface area contributed by atoms with Gasteiger partial charge in [0.1, 0.15) is 0 Å². The van der Waals surface area contributed by atoms with E-state index < -0.39 is 0 Å². The number of likely N-dealkylation sites (N-methyl/N-ethyl adjacent to an activating group) is 1. The molecule has 0 radical (unpaired) electrons. The van der Waals surface area contributed by atoms with Gasteiger partial charge in [0.25, 0.3) is 11.8 Å². The molecule has 1 aromatic carbocycles. The molecular formula is C13H16BrN4O2+. The van der Waals surface area contributed by atoms with E-state index in [2.05, 4.69) is 31.4 Å². The third kappa shape index (κ3) is 4.14. The van der Waals surface area contributed by atoms with Crippen molar-refractivity contribution in [2.75, 3.05) is 18.9 Å². The zero-order chi connectivity index (χ0) is 14.5. The van der Waals surface area contributed by atoms with Gasteiger partial charge in [0.15, 0.2) is 13.1 Å². The molecule has 0 aliphatic rings. The minimum Gasteiger partial charge on any atom is -0.420 e. The van der Waals surface area contributed by atoms with Gasteiger partial charge < -0.3 is 14.6 Å². The summed E-state index contributed by atoms with van der Waals surface area (Å²) in [5, 5.41) is 10.5. The van der Waals surface area contributed by atoms with Crippen LogP contribution in [0.5, 0.6) is 0 Å². The van der Waals surface area contributed by atoms with Gasteiger partial charge in [0, 0.05) is 11.4 Å². The Morgan fingerprint density at radius 2 is 2.15 bits per heavy atom. The van der Waals surface area contributed by atoms with Crippen molar-refractivity contribution in [3.05, 3.63) is 40.5 Å². The van der Waals surface area contributed by atoms with Crippen molar-refractivity contribution in [1.82, 2.24) is 10.2 Å². The fourth-order valence-electron chi connectivity index (χ4n) is 1.76. The normalized spacial score (nSPS) is 12.2. The first-order valence-corrected chi connectivity index (χ1v) is 6.98. The highest BCUT2D eigenvalue weighted by molar-refractivity contribution is 9.10. The molecule has 0 saturated heterocycles. The number of aryl methyl sites for hydroxylation is 1. The number of aromatic nitrogens is 2. The van der Waals surface area contributed by atoms with Crippen LogP contribution in [0.4, 0.5) is 5.69 Å². The number of benzene rings is 1. The molecular weight excluding hydrogens is 324 g/mol. The maximum absolute atomic E-state index is 12.0. The minimum atomic E-state index is -0.0642. The lowest BCUT2D eigenvalue weighted by molar-refractivity contribution is -0.886. The average Bonchev–Trinajstić information content (AvgIpc) is 2.77. The first-order chi connectivity index (χ1) is 9.54. The van der Waals surface area contributed by atoms with Gasteiger partial charge in [-0.15, -0.1) is 10.2 Å². The molecule has 2 N–H and O–H groups in total. The van der Waals surface area contributed by atoms with Crippen molar-refractivity contribution < 1.29 is 14.1 Å². The lowest BCUT2D eigenvalue weighted by Crippen LogP contribution is -3.08. The number of anilines is 1. The van der Waals surface area contributed by atoms with Crippen LogP contribution in [0, 0.1) is 6.92 Å². The molecule has 0 spiro atoms. The molecule has 20 heavy (non-hydrogen) atoms. The van der Waals surface area contributed by atoms with Crippen molar-refractivity contribution in [1.29, 1.82) is 0 Å². The Balaban J connectivity index is 1.86. The maximum Gasteiger partial charge on any atom is 0.279 e. The van der Waals surface area contributed by atoms with Crippen molar-refractivity contribution in [3.8, 4) is 0 Å². The number of nitrogens with one attached hydrogen (secondary N) is 2. The van der Waals surface area contributed by atoms with Crippen LogP contribution in [0.15, 0.2) is 33.2 Å². The number of carbonyl (C=O) groups excluding carboxylic acids is 1. The second kappa shape index (κ2) is 6.62. The van der Waals surface area contributed by atoms with Crippen LogP contribution in [0.25, 0.3) is 0 Å². The van der Waals surface area contributed by atoms with E-state index in [0.29, 0.717) is 24.9 Å². The smallest absolute Gasteiger partial charge is 0.279 e. The van der Waals surface area contributed by atoms with Gasteiger partial charge in [-0.3, -0.25) is 4.79 Å². The number of hydrogen-bond donors (Lipinski definition) is 2. The third-order valence-corrected chi connectivity index (χ3v) is 3.32. The summed E-state index contributed by atoms with van der Waals surface area (Å²) in [4.78, 5) is 12.9. The summed E-state index contributed by atoms with van der Waals surface area (Å²) in [5.41, 5.74) is 0.763. The number of nitrogens with zero attached hydrogens (tertiary/aromatic N) is 2. The van der Waals surface area contributed by atoms with Crippen molar-refractivity contribution in [3.63, 3.8) is 0 Å². The molecule has 2 rings (SSSR count). The SMILES string of the molecule is Cc1nnc(C[NH+](C)CC(=O)Nc2ccccc2Br)o1. The van der Waals surface area contributed by atoms with Crippen LogP contribution in [0.2, 0.25) is 0 Å². The van der Waals surface area contributed by atoms with Crippen LogP contribution < -0.4 is 10.2 Å². The van der Waals surface area contributed by atoms with E-state index in [0.717, 1.165) is 15.1 Å². The summed E-state index contributed by atoms with van der Waals surface area (Å²) >= 11 is 3.39. The number of carbonyl (C=O) groups is 1. The van der Waals surface area contributed by atoms with Crippen LogP contribution in [-0.2, 0) is 11.3 Å². The number of quaternary nitrogens is 1. The average molecular weight is 340 g/mol. The lowest BCUT2D eigenvalue weighted by Gasteiger charge is -2.12. The van der Waals surface area contributed by atoms with Crippen LogP contribution in [0.3, 0.4) is 0 Å². The number of halogens is 1. The second-order valence-corrected chi connectivity index (χ2v) is 5.41. The molecule has 0 aliphatic heterocycles. The summed E-state index contributed by atoms with van der Waals surface area (Å²) in [5.74, 6) is 1.00. The maximum atomic E-state index is 12.0. The van der Waals surface area contributed by atoms with Gasteiger partial charge in [-0.05, 0) is 28.1 Å². The Bertz CT molecular complexity index is 600. The number of para-hydroxylation sites is 1. The summed E-state index contributed by atoms with van der Waals surface area (Å²) < 4.78 is 6.15. The second-order valence-electron chi connectivity index (χ2n) is 4.55. The predicted octanol–water partition coefficient (Wildman–Crippen LogP) is 0.794. The topological polar surface area (TPSA) is 72.5 Å². The highest BCUT2D eigenvalue weighted by Gasteiger charge is 2.14. The van der Waals surface area contributed by atoms with Crippen molar-refractivity contribution >= 4 is 27.5 Å². The first kappa shape index (κ1) is 14.7. The van der Waals surface area contributed by atoms with E-state index in [-0.39, 0.29) is 5.91 Å². The van der Waals surface area contributed by atoms with Gasteiger partial charge in [0.2, 0.25) is 5.89 Å². The van der Waals surface area contributed by atoms with Crippen LogP contribution in [-0.4, -0.2) is 29.7 Å². The monoisotopic (exact) mass is 339 g/mol. The highest BCUT2D eigenvalue weighted by atomic mass is 79.9. The molecule has 106 valence electrons. The van der Waals surface area contributed by atoms with E-state index in [9.17, 15) is 4.79 Å². The molecule has 0 aliphatic carbocycles. The first-order valence-electron chi connectivity index (χ1n) is 6.19. The molecule has 1 atom stereocenters. The number of amides is 1. The van der Waals surface area contributed by atoms with Gasteiger partial charge in [-0.1, -0.05) is 12.1 Å². The standard InChI is InChI=1S/C13H15BrN4O2/c1-9-16-17-13(20-9)8-18(2)7-12(19)15-11-6-4-3-5-10(11)14/h3-6H,7-8H2,1-2H3,(H,15,19)/p+1. The Hall–Kier alpha value is -1.73. The van der Waals surface area contributed by atoms with E-state index in [1.807, 2.05) is 31.3 Å². The molecule has 1 aromatic heterocycles. The van der Waals surface area contributed by atoms with Gasteiger partial charge in [-0.25, -0.2) is 0 Å². The van der Waals surface area contributed by atoms with E-state index in [1.54, 1.807) is 6.92 Å². The highest BCUT2D eigenvalue weighted by Crippen LogP contribution is 2.20. The largest absolute Gasteiger partial charge is 0.420 e. The molecule has 1 heterocycles. The number of hydrogen-bond acceptors (Lipinski definition) is 4. The zero-order valence-electron chi connectivity index (χ0n) is 11.3. The lowest BCUT2D eigenvalue weighted by atomic mass is 10.3. The third-order valence-electron chi connectivity index (χ3n) is 2.63. The fourth-order valence-corrected chi connectivity index (χ4v) is 2.14. The molecule has 0 saturated carbocycles. The predicted molar refractivity (Wildman–Crippen MR) is 77.3 cm³/mol. The molecule has 6 nitrogen and oxygen atoms in total. The van der Waals surface area contributed by atoms with Crippen molar-refractivity contribution in [2.24, 2.45) is 0 Å². The zero-order valence-corrected chi connectivity index (χ0v) is 12.9. The summed E-state index contributed by atoms with van der Waals surface area (Å²) in [7, 11) is 1.90. The molecule has 7 heteroatoms. The van der Waals surface area contributed by atoms with Gasteiger partial charge in [-0.2, -0.15) is 0 Å². The Labute approximate surface area is 125 Å². The Kier molecular flexibility index (Phi) is 4.86. The molecule has 0 bridgehead atoms. The van der Waals surface area contributed by atoms with E-state index >= 15 is 0 Å². The molecule has 0 fully saturated rings. The summed E-state index contributed by atoms with van der Waals surface area (Å²) in [6.45, 7) is 2.58. The Morgan fingerprint density at radius 1 is 1.40 bits per heavy atom. The number of rotatable bonds is 5. The van der Waals surface area contributed by atoms with Gasteiger partial charge >= 0.3 is 0 Å². The summed E-state index contributed by atoms with van der Waals surface area (Å²) in [6.07, 6.45) is 0. The molecule has 1 amide bonds. The molecule has 2 aromatic rings. The van der Waals surface area contributed by atoms with E-state index in [1.165, 1.54) is 0 Å². The fraction of sp³-hybridized carbons (Fsp3) is 0.308. The minimum absolute atomic E-state index is 0.0642.